The lowest BCUT2D eigenvalue weighted by Gasteiger charge is -2.06. The van der Waals surface area contributed by atoms with Crippen LogP contribution in [0.2, 0.25) is 0 Å². The van der Waals surface area contributed by atoms with Crippen LogP contribution in [-0.2, 0) is 0 Å². The maximum Gasteiger partial charge on any atom is 0.273 e. The van der Waals surface area contributed by atoms with Crippen LogP contribution in [0.4, 0.5) is 10.1 Å². The van der Waals surface area contributed by atoms with Crippen LogP contribution in [0.5, 0.6) is 0 Å². The van der Waals surface area contributed by atoms with Gasteiger partial charge in [0.1, 0.15) is 5.82 Å². The summed E-state index contributed by atoms with van der Waals surface area (Å²) in [6, 6.07) is 2.82. The van der Waals surface area contributed by atoms with E-state index in [1.165, 1.54) is 0 Å². The average Bonchev–Trinajstić information content (AvgIpc) is 2.33. The van der Waals surface area contributed by atoms with Crippen LogP contribution in [0.3, 0.4) is 0 Å². The van der Waals surface area contributed by atoms with E-state index in [4.69, 9.17) is 0 Å². The van der Waals surface area contributed by atoms with Gasteiger partial charge in [-0.15, -0.1) is 0 Å². The second kappa shape index (κ2) is 7.18. The molecule has 0 saturated carbocycles. The minimum Gasteiger partial charge on any atom is -0.352 e. The Hall–Kier alpha value is -1.50. The van der Waals surface area contributed by atoms with Gasteiger partial charge in [-0.1, -0.05) is 22.9 Å². The Labute approximate surface area is 118 Å². The number of halogens is 2. The number of hydrogen-bond acceptors (Lipinski definition) is 3. The molecule has 19 heavy (non-hydrogen) atoms. The van der Waals surface area contributed by atoms with Gasteiger partial charge in [0.2, 0.25) is 0 Å². The highest BCUT2D eigenvalue weighted by Crippen LogP contribution is 2.16. The van der Waals surface area contributed by atoms with Crippen molar-refractivity contribution in [3.63, 3.8) is 0 Å². The number of hydrogen-bond donors (Lipinski definition) is 1. The molecule has 1 aromatic carbocycles. The summed E-state index contributed by atoms with van der Waals surface area (Å²) in [5.41, 5.74) is -0.474. The number of non-ortho nitro benzene ring substituents is 1. The first-order valence-electron chi connectivity index (χ1n) is 5.77. The summed E-state index contributed by atoms with van der Waals surface area (Å²) in [7, 11) is 0. The number of carbonyl (C=O) groups excluding carboxylic acids is 1. The number of nitro groups is 1. The number of alkyl halides is 1. The zero-order valence-corrected chi connectivity index (χ0v) is 11.9. The Kier molecular flexibility index (Phi) is 5.88. The van der Waals surface area contributed by atoms with Crippen molar-refractivity contribution in [1.29, 1.82) is 0 Å². The number of carbonyl (C=O) groups is 1. The Bertz CT molecular complexity index is 480. The number of nitrogens with zero attached hydrogens (tertiary/aromatic N) is 1. The SMILES string of the molecule is CC(Br)CCCNC(=O)c1cc(F)cc([N+](=O)[O-])c1. The fraction of sp³-hybridized carbons (Fsp3) is 0.417. The lowest BCUT2D eigenvalue weighted by atomic mass is 10.1. The lowest BCUT2D eigenvalue weighted by Crippen LogP contribution is -2.25. The normalized spacial score (nSPS) is 11.9. The minimum atomic E-state index is -0.798. The molecular weight excluding hydrogens is 319 g/mol. The van der Waals surface area contributed by atoms with Crippen LogP contribution in [0.25, 0.3) is 0 Å². The van der Waals surface area contributed by atoms with E-state index in [0.29, 0.717) is 11.4 Å². The zero-order valence-electron chi connectivity index (χ0n) is 10.4. The minimum absolute atomic E-state index is 0.0430. The molecule has 0 aliphatic heterocycles. The molecular formula is C12H14BrFN2O3. The maximum absolute atomic E-state index is 13.2. The van der Waals surface area contributed by atoms with E-state index in [9.17, 15) is 19.3 Å². The van der Waals surface area contributed by atoms with Gasteiger partial charge in [0.25, 0.3) is 11.6 Å². The largest absolute Gasteiger partial charge is 0.352 e. The summed E-state index contributed by atoms with van der Waals surface area (Å²) in [5.74, 6) is -1.31. The summed E-state index contributed by atoms with van der Waals surface area (Å²) in [5, 5.41) is 13.2. The van der Waals surface area contributed by atoms with Crippen molar-refractivity contribution in [2.24, 2.45) is 0 Å². The monoisotopic (exact) mass is 332 g/mol. The van der Waals surface area contributed by atoms with Crippen LogP contribution in [0, 0.1) is 15.9 Å². The van der Waals surface area contributed by atoms with Crippen LogP contribution in [0.15, 0.2) is 18.2 Å². The molecule has 0 aromatic heterocycles. The highest BCUT2D eigenvalue weighted by molar-refractivity contribution is 9.09. The zero-order chi connectivity index (χ0) is 14.4. The topological polar surface area (TPSA) is 72.2 Å². The van der Waals surface area contributed by atoms with Gasteiger partial charge in [-0.25, -0.2) is 4.39 Å². The number of amides is 1. The second-order valence-corrected chi connectivity index (χ2v) is 5.70. The van der Waals surface area contributed by atoms with Crippen LogP contribution in [0.1, 0.15) is 30.1 Å². The Morgan fingerprint density at radius 1 is 1.53 bits per heavy atom. The lowest BCUT2D eigenvalue weighted by molar-refractivity contribution is -0.385. The van der Waals surface area contributed by atoms with E-state index in [1.807, 2.05) is 6.92 Å². The third kappa shape index (κ3) is 5.34. The summed E-state index contributed by atoms with van der Waals surface area (Å²) < 4.78 is 13.2. The molecule has 1 N–H and O–H groups in total. The second-order valence-electron chi connectivity index (χ2n) is 4.13. The third-order valence-electron chi connectivity index (χ3n) is 2.42. The molecule has 0 saturated heterocycles. The van der Waals surface area contributed by atoms with Gasteiger partial charge in [0, 0.05) is 23.0 Å². The van der Waals surface area contributed by atoms with E-state index in [-0.39, 0.29) is 5.56 Å². The van der Waals surface area contributed by atoms with Crippen molar-refractivity contribution in [1.82, 2.24) is 5.32 Å². The van der Waals surface area contributed by atoms with Crippen molar-refractivity contribution < 1.29 is 14.1 Å². The van der Waals surface area contributed by atoms with E-state index >= 15 is 0 Å². The van der Waals surface area contributed by atoms with E-state index in [1.54, 1.807) is 0 Å². The molecule has 104 valence electrons. The van der Waals surface area contributed by atoms with Crippen molar-refractivity contribution >= 4 is 27.5 Å². The third-order valence-corrected chi connectivity index (χ3v) is 2.88. The van der Waals surface area contributed by atoms with Gasteiger partial charge in [0.15, 0.2) is 0 Å². The van der Waals surface area contributed by atoms with Crippen LogP contribution in [-0.4, -0.2) is 22.2 Å². The fourth-order valence-electron chi connectivity index (χ4n) is 1.50. The Morgan fingerprint density at radius 2 is 2.21 bits per heavy atom. The summed E-state index contributed by atoms with van der Waals surface area (Å²) in [6.07, 6.45) is 1.67. The first kappa shape index (κ1) is 15.6. The van der Waals surface area contributed by atoms with Crippen molar-refractivity contribution in [3.05, 3.63) is 39.7 Å². The van der Waals surface area contributed by atoms with Crippen LogP contribution >= 0.6 is 15.9 Å². The molecule has 0 heterocycles. The molecule has 7 heteroatoms. The molecule has 0 aliphatic carbocycles. The predicted molar refractivity (Wildman–Crippen MR) is 73.0 cm³/mol. The van der Waals surface area contributed by atoms with Crippen LogP contribution < -0.4 is 5.32 Å². The van der Waals surface area contributed by atoms with Crippen molar-refractivity contribution in [2.75, 3.05) is 6.54 Å². The first-order chi connectivity index (χ1) is 8.90. The molecule has 0 radical (unpaired) electrons. The van der Waals surface area contributed by atoms with Gasteiger partial charge < -0.3 is 5.32 Å². The quantitative estimate of drug-likeness (QED) is 0.376. The number of nitro benzene ring substituents is 1. The number of rotatable bonds is 6. The van der Waals surface area contributed by atoms with E-state index in [2.05, 4.69) is 21.2 Å². The van der Waals surface area contributed by atoms with E-state index < -0.39 is 22.3 Å². The molecule has 1 unspecified atom stereocenters. The van der Waals surface area contributed by atoms with Crippen molar-refractivity contribution in [2.45, 2.75) is 24.6 Å². The average molecular weight is 333 g/mol. The predicted octanol–water partition coefficient (Wildman–Crippen LogP) is 3.03. The molecule has 1 atom stereocenters. The standard InChI is InChI=1S/C12H14BrFN2O3/c1-8(13)3-2-4-15-12(17)9-5-10(14)7-11(6-9)16(18)19/h5-8H,2-4H2,1H3,(H,15,17). The highest BCUT2D eigenvalue weighted by Gasteiger charge is 2.14. The highest BCUT2D eigenvalue weighted by atomic mass is 79.9. The van der Waals surface area contributed by atoms with Crippen molar-refractivity contribution in [3.8, 4) is 0 Å². The van der Waals surface area contributed by atoms with Gasteiger partial charge in [-0.3, -0.25) is 14.9 Å². The van der Waals surface area contributed by atoms with Gasteiger partial charge in [-0.05, 0) is 18.9 Å². The Balaban J connectivity index is 2.64. The van der Waals surface area contributed by atoms with Gasteiger partial charge >= 0.3 is 0 Å². The molecule has 0 aliphatic rings. The molecule has 1 rings (SSSR count). The molecule has 0 fully saturated rings. The number of nitrogens with one attached hydrogen (secondary N) is 1. The molecule has 5 nitrogen and oxygen atoms in total. The maximum atomic E-state index is 13.2. The smallest absolute Gasteiger partial charge is 0.273 e. The number of benzene rings is 1. The fourth-order valence-corrected chi connectivity index (χ4v) is 1.82. The first-order valence-corrected chi connectivity index (χ1v) is 6.69. The van der Waals surface area contributed by atoms with Gasteiger partial charge in [-0.2, -0.15) is 0 Å². The summed E-state index contributed by atoms with van der Waals surface area (Å²) in [4.78, 5) is 21.9. The molecule has 1 amide bonds. The van der Waals surface area contributed by atoms with Gasteiger partial charge in [0.05, 0.1) is 11.0 Å². The van der Waals surface area contributed by atoms with E-state index in [0.717, 1.165) is 31.0 Å². The molecule has 0 bridgehead atoms. The summed E-state index contributed by atoms with van der Waals surface area (Å²) in [6.45, 7) is 2.44. The summed E-state index contributed by atoms with van der Waals surface area (Å²) >= 11 is 3.38. The Morgan fingerprint density at radius 3 is 2.79 bits per heavy atom. The molecule has 0 spiro atoms. The molecule has 1 aromatic rings.